The van der Waals surface area contributed by atoms with Gasteiger partial charge in [-0.25, -0.2) is 17.9 Å². The molecular formula is C12H20N2O4S2. The number of nitrogens with one attached hydrogen (secondary N) is 2. The monoisotopic (exact) mass is 320 g/mol. The number of aromatic carboxylic acids is 1. The van der Waals surface area contributed by atoms with E-state index in [1.807, 2.05) is 11.8 Å². The highest BCUT2D eigenvalue weighted by Gasteiger charge is 2.17. The van der Waals surface area contributed by atoms with Crippen LogP contribution in [0.15, 0.2) is 17.2 Å². The maximum absolute atomic E-state index is 11.9. The molecule has 20 heavy (non-hydrogen) atoms. The molecule has 0 aliphatic heterocycles. The fourth-order valence-corrected chi connectivity index (χ4v) is 3.23. The van der Waals surface area contributed by atoms with E-state index >= 15 is 0 Å². The smallest absolute Gasteiger partial charge is 0.352 e. The summed E-state index contributed by atoms with van der Waals surface area (Å²) in [5.74, 6) is -0.0483. The quantitative estimate of drug-likeness (QED) is 0.572. The average Bonchev–Trinajstić information content (AvgIpc) is 2.88. The molecule has 1 rings (SSSR count). The molecule has 0 radical (unpaired) electrons. The van der Waals surface area contributed by atoms with Gasteiger partial charge in [0.15, 0.2) is 0 Å². The molecule has 0 fully saturated rings. The van der Waals surface area contributed by atoms with E-state index in [9.17, 15) is 13.2 Å². The molecule has 0 aliphatic rings. The van der Waals surface area contributed by atoms with Crippen LogP contribution in [0.1, 0.15) is 36.2 Å². The van der Waals surface area contributed by atoms with Crippen molar-refractivity contribution in [3.8, 4) is 0 Å². The Morgan fingerprint density at radius 1 is 1.35 bits per heavy atom. The van der Waals surface area contributed by atoms with E-state index in [0.717, 1.165) is 37.5 Å². The van der Waals surface area contributed by atoms with Crippen molar-refractivity contribution in [2.24, 2.45) is 0 Å². The zero-order chi connectivity index (χ0) is 15.0. The van der Waals surface area contributed by atoms with Crippen molar-refractivity contribution < 1.29 is 18.3 Å². The molecule has 0 atom stereocenters. The molecule has 0 aliphatic carbocycles. The number of carbonyl (C=O) groups is 1. The summed E-state index contributed by atoms with van der Waals surface area (Å²) in [5.41, 5.74) is -0.137. The Labute approximate surface area is 123 Å². The topological polar surface area (TPSA) is 99.3 Å². The van der Waals surface area contributed by atoms with Crippen LogP contribution in [0.2, 0.25) is 0 Å². The number of hydrogen-bond acceptors (Lipinski definition) is 4. The Kier molecular flexibility index (Phi) is 7.11. The lowest BCUT2D eigenvalue weighted by Gasteiger charge is -2.04. The molecule has 6 nitrogen and oxygen atoms in total. The number of thioether (sulfide) groups is 1. The fourth-order valence-electron chi connectivity index (χ4n) is 1.67. The molecular weight excluding hydrogens is 300 g/mol. The maximum Gasteiger partial charge on any atom is 0.352 e. The highest BCUT2D eigenvalue weighted by Crippen LogP contribution is 2.11. The van der Waals surface area contributed by atoms with Crippen LogP contribution >= 0.6 is 11.8 Å². The molecule has 0 aromatic carbocycles. The number of carboxylic acid groups (broad SMARTS) is 1. The maximum atomic E-state index is 11.9. The summed E-state index contributed by atoms with van der Waals surface area (Å²) < 4.78 is 26.2. The Morgan fingerprint density at radius 2 is 2.05 bits per heavy atom. The average molecular weight is 320 g/mol. The van der Waals surface area contributed by atoms with Crippen LogP contribution in [0.5, 0.6) is 0 Å². The molecule has 0 unspecified atom stereocenters. The standard InChI is InChI=1S/C12H20N2O4S2/c1-19-7-5-3-2-4-6-14-20(17,18)10-8-11(12(15)16)13-9-10/h8-9,13-14H,2-7H2,1H3,(H,15,16). The van der Waals surface area contributed by atoms with Gasteiger partial charge in [0, 0.05) is 12.7 Å². The zero-order valence-electron chi connectivity index (χ0n) is 11.4. The van der Waals surface area contributed by atoms with Gasteiger partial charge in [0.2, 0.25) is 10.0 Å². The lowest BCUT2D eigenvalue weighted by molar-refractivity contribution is 0.0691. The number of carboxylic acids is 1. The number of aromatic nitrogens is 1. The predicted octanol–water partition coefficient (Wildman–Crippen LogP) is 1.91. The first-order chi connectivity index (χ1) is 9.47. The fraction of sp³-hybridized carbons (Fsp3) is 0.583. The minimum absolute atomic E-state index is 0.0442. The first kappa shape index (κ1) is 17.1. The molecule has 1 heterocycles. The molecule has 8 heteroatoms. The second-order valence-corrected chi connectivity index (χ2v) is 7.11. The second-order valence-electron chi connectivity index (χ2n) is 4.36. The number of H-pyrrole nitrogens is 1. The Hall–Kier alpha value is -0.990. The molecule has 0 saturated carbocycles. The van der Waals surface area contributed by atoms with Gasteiger partial charge in [-0.1, -0.05) is 12.8 Å². The molecule has 1 aromatic rings. The zero-order valence-corrected chi connectivity index (χ0v) is 13.0. The van der Waals surface area contributed by atoms with E-state index < -0.39 is 16.0 Å². The van der Waals surface area contributed by atoms with Crippen molar-refractivity contribution in [2.75, 3.05) is 18.6 Å². The third-order valence-electron chi connectivity index (χ3n) is 2.76. The molecule has 0 saturated heterocycles. The van der Waals surface area contributed by atoms with E-state index in [2.05, 4.69) is 16.0 Å². The van der Waals surface area contributed by atoms with Gasteiger partial charge < -0.3 is 10.1 Å². The lowest BCUT2D eigenvalue weighted by atomic mass is 10.2. The lowest BCUT2D eigenvalue weighted by Crippen LogP contribution is -2.24. The molecule has 1 aromatic heterocycles. The van der Waals surface area contributed by atoms with Crippen LogP contribution < -0.4 is 4.72 Å². The van der Waals surface area contributed by atoms with Crippen LogP contribution in [0, 0.1) is 0 Å². The van der Waals surface area contributed by atoms with Crippen LogP contribution in [0.25, 0.3) is 0 Å². The van der Waals surface area contributed by atoms with Gasteiger partial charge in [0.1, 0.15) is 10.6 Å². The summed E-state index contributed by atoms with van der Waals surface area (Å²) in [6.07, 6.45) is 7.25. The minimum Gasteiger partial charge on any atom is -0.477 e. The number of rotatable bonds is 10. The van der Waals surface area contributed by atoms with Gasteiger partial charge in [0.25, 0.3) is 0 Å². The Bertz CT molecular complexity index is 525. The largest absolute Gasteiger partial charge is 0.477 e. The van der Waals surface area contributed by atoms with Crippen molar-refractivity contribution in [3.05, 3.63) is 18.0 Å². The number of aromatic amines is 1. The number of hydrogen-bond donors (Lipinski definition) is 3. The highest BCUT2D eigenvalue weighted by molar-refractivity contribution is 7.98. The van der Waals surface area contributed by atoms with Gasteiger partial charge in [-0.2, -0.15) is 11.8 Å². The normalized spacial score (nSPS) is 11.7. The first-order valence-electron chi connectivity index (χ1n) is 6.37. The van der Waals surface area contributed by atoms with Crippen LogP contribution in [-0.2, 0) is 10.0 Å². The van der Waals surface area contributed by atoms with Crippen molar-refractivity contribution in [3.63, 3.8) is 0 Å². The van der Waals surface area contributed by atoms with Crippen molar-refractivity contribution in [1.29, 1.82) is 0 Å². The van der Waals surface area contributed by atoms with E-state index in [1.54, 1.807) is 0 Å². The van der Waals surface area contributed by atoms with Gasteiger partial charge >= 0.3 is 5.97 Å². The third-order valence-corrected chi connectivity index (χ3v) is 4.90. The number of unbranched alkanes of at least 4 members (excludes halogenated alkanes) is 3. The van der Waals surface area contributed by atoms with Crippen molar-refractivity contribution >= 4 is 27.8 Å². The van der Waals surface area contributed by atoms with E-state index in [1.165, 1.54) is 6.20 Å². The molecule has 0 bridgehead atoms. The van der Waals surface area contributed by atoms with Crippen molar-refractivity contribution in [2.45, 2.75) is 30.6 Å². The van der Waals surface area contributed by atoms with Gasteiger partial charge in [-0.3, -0.25) is 0 Å². The summed E-state index contributed by atoms with van der Waals surface area (Å²) >= 11 is 1.81. The predicted molar refractivity (Wildman–Crippen MR) is 79.8 cm³/mol. The second kappa shape index (κ2) is 8.33. The molecule has 0 amide bonds. The van der Waals surface area contributed by atoms with E-state index in [4.69, 9.17) is 5.11 Å². The van der Waals surface area contributed by atoms with E-state index in [-0.39, 0.29) is 10.6 Å². The first-order valence-corrected chi connectivity index (χ1v) is 9.25. The molecule has 0 spiro atoms. The van der Waals surface area contributed by atoms with Crippen LogP contribution in [0.3, 0.4) is 0 Å². The third kappa shape index (κ3) is 5.56. The van der Waals surface area contributed by atoms with Crippen LogP contribution in [-0.4, -0.2) is 43.0 Å². The Morgan fingerprint density at radius 3 is 2.65 bits per heavy atom. The SMILES string of the molecule is CSCCCCCCNS(=O)(=O)c1c[nH]c(C(=O)O)c1. The van der Waals surface area contributed by atoms with Gasteiger partial charge in [-0.15, -0.1) is 0 Å². The van der Waals surface area contributed by atoms with E-state index in [0.29, 0.717) is 6.54 Å². The summed E-state index contributed by atoms with van der Waals surface area (Å²) in [5, 5.41) is 8.73. The van der Waals surface area contributed by atoms with Crippen molar-refractivity contribution in [1.82, 2.24) is 9.71 Å². The molecule has 114 valence electrons. The molecule has 3 N–H and O–H groups in total. The summed E-state index contributed by atoms with van der Waals surface area (Å²) in [6, 6.07) is 1.11. The Balaban J connectivity index is 2.36. The summed E-state index contributed by atoms with van der Waals surface area (Å²) in [6.45, 7) is 0.370. The minimum atomic E-state index is -3.62. The van der Waals surface area contributed by atoms with Crippen LogP contribution in [0.4, 0.5) is 0 Å². The summed E-state index contributed by atoms with van der Waals surface area (Å²) in [7, 11) is -3.62. The summed E-state index contributed by atoms with van der Waals surface area (Å²) in [4.78, 5) is 13.0. The van der Waals surface area contributed by atoms with Gasteiger partial charge in [0.05, 0.1) is 0 Å². The number of sulfonamides is 1. The highest BCUT2D eigenvalue weighted by atomic mass is 32.2. The van der Waals surface area contributed by atoms with Gasteiger partial charge in [-0.05, 0) is 30.9 Å².